The number of nitrogens with zero attached hydrogens (tertiary/aromatic N) is 1. The molecule has 1 fully saturated rings. The fourth-order valence-electron chi connectivity index (χ4n) is 2.77. The van der Waals surface area contributed by atoms with Crippen LogP contribution in [-0.4, -0.2) is 37.4 Å². The Hall–Kier alpha value is -1.85. The van der Waals surface area contributed by atoms with Gasteiger partial charge in [-0.1, -0.05) is 6.07 Å². The minimum Gasteiger partial charge on any atom is -0.497 e. The number of anilines is 1. The quantitative estimate of drug-likeness (QED) is 0.902. The van der Waals surface area contributed by atoms with Crippen LogP contribution in [0.15, 0.2) is 30.5 Å². The van der Waals surface area contributed by atoms with Gasteiger partial charge in [0.05, 0.1) is 12.6 Å². The third kappa shape index (κ3) is 2.80. The number of nitrogens with one attached hydrogen (secondary N) is 1. The fourth-order valence-corrected chi connectivity index (χ4v) is 2.77. The van der Waals surface area contributed by atoms with E-state index in [4.69, 9.17) is 15.2 Å². The standard InChI is InChI=1S/C16H21N3O2/c1-20-13-3-2-12-4-7-18-15(14(12)10-13)19-16(11-17)5-8-21-9-6-16/h2-4,7,10H,5-6,8-9,11,17H2,1H3,(H,18,19). The van der Waals surface area contributed by atoms with E-state index in [0.29, 0.717) is 6.54 Å². The normalized spacial score (nSPS) is 17.6. The van der Waals surface area contributed by atoms with Gasteiger partial charge in [-0.25, -0.2) is 4.98 Å². The number of ether oxygens (including phenoxy) is 2. The number of aromatic nitrogens is 1. The second-order valence-corrected chi connectivity index (χ2v) is 5.47. The second kappa shape index (κ2) is 5.87. The summed E-state index contributed by atoms with van der Waals surface area (Å²) in [5, 5.41) is 5.75. The molecule has 1 aliphatic heterocycles. The van der Waals surface area contributed by atoms with E-state index in [1.54, 1.807) is 7.11 Å². The lowest BCUT2D eigenvalue weighted by molar-refractivity contribution is 0.0627. The minimum atomic E-state index is -0.136. The number of methoxy groups -OCH3 is 1. The number of benzene rings is 1. The van der Waals surface area contributed by atoms with Gasteiger partial charge in [0.1, 0.15) is 11.6 Å². The summed E-state index contributed by atoms with van der Waals surface area (Å²) in [6.45, 7) is 2.04. The molecule has 5 nitrogen and oxygen atoms in total. The molecule has 0 saturated carbocycles. The van der Waals surface area contributed by atoms with E-state index < -0.39 is 0 Å². The molecule has 0 spiro atoms. The fraction of sp³-hybridized carbons (Fsp3) is 0.438. The summed E-state index contributed by atoms with van der Waals surface area (Å²) >= 11 is 0. The highest BCUT2D eigenvalue weighted by Crippen LogP contribution is 2.30. The monoisotopic (exact) mass is 287 g/mol. The molecule has 0 aliphatic carbocycles. The zero-order chi connectivity index (χ0) is 14.7. The predicted octanol–water partition coefficient (Wildman–Crippen LogP) is 2.16. The Labute approximate surface area is 124 Å². The molecule has 0 unspecified atom stereocenters. The maximum atomic E-state index is 6.02. The average Bonchev–Trinajstić information content (AvgIpc) is 2.55. The Kier molecular flexibility index (Phi) is 3.94. The van der Waals surface area contributed by atoms with Gasteiger partial charge in [-0.15, -0.1) is 0 Å². The number of pyridine rings is 1. The van der Waals surface area contributed by atoms with Crippen LogP contribution >= 0.6 is 0 Å². The molecule has 0 radical (unpaired) electrons. The van der Waals surface area contributed by atoms with Crippen LogP contribution in [0.25, 0.3) is 10.8 Å². The number of hydrogen-bond donors (Lipinski definition) is 2. The molecular formula is C16H21N3O2. The molecule has 0 atom stereocenters. The first-order valence-electron chi connectivity index (χ1n) is 7.25. The molecule has 112 valence electrons. The van der Waals surface area contributed by atoms with Crippen LogP contribution in [0.2, 0.25) is 0 Å². The zero-order valence-corrected chi connectivity index (χ0v) is 12.3. The number of rotatable bonds is 4. The van der Waals surface area contributed by atoms with Crippen molar-refractivity contribution in [2.24, 2.45) is 5.73 Å². The van der Waals surface area contributed by atoms with Crippen LogP contribution in [0.1, 0.15) is 12.8 Å². The summed E-state index contributed by atoms with van der Waals surface area (Å²) in [4.78, 5) is 4.51. The van der Waals surface area contributed by atoms with E-state index >= 15 is 0 Å². The Bertz CT molecular complexity index is 624. The molecule has 5 heteroatoms. The van der Waals surface area contributed by atoms with Crippen molar-refractivity contribution in [3.63, 3.8) is 0 Å². The smallest absolute Gasteiger partial charge is 0.134 e. The highest BCUT2D eigenvalue weighted by molar-refractivity contribution is 5.93. The highest BCUT2D eigenvalue weighted by Gasteiger charge is 2.31. The van der Waals surface area contributed by atoms with Crippen molar-refractivity contribution in [1.29, 1.82) is 0 Å². The van der Waals surface area contributed by atoms with Gasteiger partial charge in [0.15, 0.2) is 0 Å². The van der Waals surface area contributed by atoms with E-state index in [1.807, 2.05) is 30.5 Å². The van der Waals surface area contributed by atoms with Gasteiger partial charge in [0.2, 0.25) is 0 Å². The van der Waals surface area contributed by atoms with Gasteiger partial charge in [-0.3, -0.25) is 0 Å². The van der Waals surface area contributed by atoms with Crippen LogP contribution in [-0.2, 0) is 4.74 Å². The van der Waals surface area contributed by atoms with Crippen LogP contribution in [0.5, 0.6) is 5.75 Å². The Morgan fingerprint density at radius 2 is 2.14 bits per heavy atom. The van der Waals surface area contributed by atoms with Gasteiger partial charge in [0, 0.05) is 31.3 Å². The van der Waals surface area contributed by atoms with Crippen LogP contribution in [0.4, 0.5) is 5.82 Å². The lowest BCUT2D eigenvalue weighted by atomic mass is 9.90. The minimum absolute atomic E-state index is 0.136. The van der Waals surface area contributed by atoms with Crippen molar-refractivity contribution in [2.75, 3.05) is 32.2 Å². The lowest BCUT2D eigenvalue weighted by Gasteiger charge is -2.37. The summed E-state index contributed by atoms with van der Waals surface area (Å²) in [5.74, 6) is 1.69. The highest BCUT2D eigenvalue weighted by atomic mass is 16.5. The third-order valence-electron chi connectivity index (χ3n) is 4.20. The van der Waals surface area contributed by atoms with Crippen molar-refractivity contribution in [1.82, 2.24) is 4.98 Å². The van der Waals surface area contributed by atoms with E-state index in [2.05, 4.69) is 10.3 Å². The molecule has 21 heavy (non-hydrogen) atoms. The largest absolute Gasteiger partial charge is 0.497 e. The molecular weight excluding hydrogens is 266 g/mol. The van der Waals surface area contributed by atoms with Crippen molar-refractivity contribution in [2.45, 2.75) is 18.4 Å². The summed E-state index contributed by atoms with van der Waals surface area (Å²) in [7, 11) is 1.67. The first-order chi connectivity index (χ1) is 10.3. The van der Waals surface area contributed by atoms with Gasteiger partial charge < -0.3 is 20.5 Å². The molecule has 2 aromatic rings. The molecule has 1 aliphatic rings. The molecule has 1 aromatic heterocycles. The number of nitrogens with two attached hydrogens (primary N) is 1. The van der Waals surface area contributed by atoms with Gasteiger partial charge in [0.25, 0.3) is 0 Å². The first-order valence-corrected chi connectivity index (χ1v) is 7.25. The van der Waals surface area contributed by atoms with E-state index in [-0.39, 0.29) is 5.54 Å². The van der Waals surface area contributed by atoms with E-state index in [1.165, 1.54) is 0 Å². The van der Waals surface area contributed by atoms with Crippen molar-refractivity contribution < 1.29 is 9.47 Å². The van der Waals surface area contributed by atoms with Crippen LogP contribution in [0.3, 0.4) is 0 Å². The average molecular weight is 287 g/mol. The molecule has 0 amide bonds. The Morgan fingerprint density at radius 1 is 1.33 bits per heavy atom. The van der Waals surface area contributed by atoms with Gasteiger partial charge in [-0.05, 0) is 36.4 Å². The predicted molar refractivity (Wildman–Crippen MR) is 83.8 cm³/mol. The Morgan fingerprint density at radius 3 is 2.86 bits per heavy atom. The zero-order valence-electron chi connectivity index (χ0n) is 12.3. The first kappa shape index (κ1) is 14.1. The lowest BCUT2D eigenvalue weighted by Crippen LogP contribution is -2.49. The van der Waals surface area contributed by atoms with Crippen molar-refractivity contribution in [3.8, 4) is 5.75 Å². The van der Waals surface area contributed by atoms with Crippen LogP contribution < -0.4 is 15.8 Å². The SMILES string of the molecule is COc1ccc2ccnc(NC3(CN)CCOCC3)c2c1. The Balaban J connectivity index is 1.99. The number of fused-ring (bicyclic) bond motifs is 1. The molecule has 2 heterocycles. The maximum absolute atomic E-state index is 6.02. The molecule has 0 bridgehead atoms. The molecule has 1 saturated heterocycles. The topological polar surface area (TPSA) is 69.4 Å². The number of hydrogen-bond acceptors (Lipinski definition) is 5. The maximum Gasteiger partial charge on any atom is 0.134 e. The van der Waals surface area contributed by atoms with E-state index in [9.17, 15) is 0 Å². The molecule has 1 aromatic carbocycles. The third-order valence-corrected chi connectivity index (χ3v) is 4.20. The summed E-state index contributed by atoms with van der Waals surface area (Å²) in [6, 6.07) is 8.01. The second-order valence-electron chi connectivity index (χ2n) is 5.47. The van der Waals surface area contributed by atoms with Crippen LogP contribution in [0, 0.1) is 0 Å². The summed E-state index contributed by atoms with van der Waals surface area (Å²) in [6.07, 6.45) is 3.61. The summed E-state index contributed by atoms with van der Waals surface area (Å²) < 4.78 is 10.8. The molecule has 3 rings (SSSR count). The van der Waals surface area contributed by atoms with Gasteiger partial charge >= 0.3 is 0 Å². The van der Waals surface area contributed by atoms with Gasteiger partial charge in [-0.2, -0.15) is 0 Å². The van der Waals surface area contributed by atoms with Crippen molar-refractivity contribution >= 4 is 16.6 Å². The summed E-state index contributed by atoms with van der Waals surface area (Å²) in [5.41, 5.74) is 5.88. The van der Waals surface area contributed by atoms with Crippen molar-refractivity contribution in [3.05, 3.63) is 30.5 Å². The van der Waals surface area contributed by atoms with E-state index in [0.717, 1.165) is 48.4 Å². The molecule has 3 N–H and O–H groups in total.